The second kappa shape index (κ2) is 8.03. The lowest BCUT2D eigenvalue weighted by molar-refractivity contribution is -0.116. The third kappa shape index (κ3) is 4.91. The molecule has 2 rings (SSSR count). The number of anilines is 1. The molecule has 0 aliphatic rings. The normalized spacial score (nSPS) is 10.1. The summed E-state index contributed by atoms with van der Waals surface area (Å²) in [6.45, 7) is 0. The van der Waals surface area contributed by atoms with Crippen molar-refractivity contribution in [1.82, 2.24) is 0 Å². The van der Waals surface area contributed by atoms with Gasteiger partial charge >= 0.3 is 0 Å². The third-order valence-corrected chi connectivity index (χ3v) is 3.90. The summed E-state index contributed by atoms with van der Waals surface area (Å²) < 4.78 is 11.6. The highest BCUT2D eigenvalue weighted by Crippen LogP contribution is 2.23. The molecule has 0 heterocycles. The summed E-state index contributed by atoms with van der Waals surface area (Å²) in [7, 11) is 3.23. The van der Waals surface area contributed by atoms with Crippen molar-refractivity contribution >= 4 is 34.2 Å². The summed E-state index contributed by atoms with van der Waals surface area (Å²) in [4.78, 5) is 12.0. The van der Waals surface area contributed by atoms with Crippen LogP contribution in [0, 0.1) is 3.57 Å². The predicted octanol–water partition coefficient (Wildman–Crippen LogP) is 3.88. The van der Waals surface area contributed by atoms with E-state index in [4.69, 9.17) is 9.47 Å². The zero-order chi connectivity index (χ0) is 15.9. The molecule has 0 bridgehead atoms. The molecule has 116 valence electrons. The van der Waals surface area contributed by atoms with Gasteiger partial charge in [0.15, 0.2) is 0 Å². The van der Waals surface area contributed by atoms with E-state index < -0.39 is 0 Å². The van der Waals surface area contributed by atoms with Gasteiger partial charge in [-0.1, -0.05) is 0 Å². The number of hydrogen-bond donors (Lipinski definition) is 1. The molecule has 0 fully saturated rings. The predicted molar refractivity (Wildman–Crippen MR) is 95.7 cm³/mol. The molecule has 2 aromatic rings. The van der Waals surface area contributed by atoms with Crippen LogP contribution in [0.25, 0.3) is 0 Å². The van der Waals surface area contributed by atoms with Crippen LogP contribution in [0.1, 0.15) is 12.0 Å². The van der Waals surface area contributed by atoms with Gasteiger partial charge in [0.25, 0.3) is 0 Å². The molecule has 5 heteroatoms. The van der Waals surface area contributed by atoms with Crippen molar-refractivity contribution in [2.75, 3.05) is 19.5 Å². The van der Waals surface area contributed by atoms with Crippen LogP contribution < -0.4 is 14.8 Å². The third-order valence-electron chi connectivity index (χ3n) is 3.18. The van der Waals surface area contributed by atoms with E-state index in [0.717, 1.165) is 26.3 Å². The van der Waals surface area contributed by atoms with Gasteiger partial charge in [0.1, 0.15) is 11.5 Å². The summed E-state index contributed by atoms with van der Waals surface area (Å²) in [5.74, 6) is 1.45. The molecule has 1 amide bonds. The molecule has 0 radical (unpaired) electrons. The van der Waals surface area contributed by atoms with Crippen molar-refractivity contribution in [2.45, 2.75) is 12.8 Å². The van der Waals surface area contributed by atoms with Crippen LogP contribution in [0.3, 0.4) is 0 Å². The van der Waals surface area contributed by atoms with E-state index in [-0.39, 0.29) is 5.91 Å². The van der Waals surface area contributed by atoms with Gasteiger partial charge in [0.2, 0.25) is 5.91 Å². The van der Waals surface area contributed by atoms with Crippen LogP contribution in [0.4, 0.5) is 5.69 Å². The Kier molecular flexibility index (Phi) is 6.06. The molecule has 0 aliphatic carbocycles. The molecule has 1 N–H and O–H groups in total. The summed E-state index contributed by atoms with van der Waals surface area (Å²) in [5, 5.41) is 2.89. The molecule has 0 saturated carbocycles. The van der Waals surface area contributed by atoms with E-state index in [1.165, 1.54) is 0 Å². The fourth-order valence-electron chi connectivity index (χ4n) is 2.03. The number of hydrogen-bond acceptors (Lipinski definition) is 3. The minimum Gasteiger partial charge on any atom is -0.497 e. The van der Waals surface area contributed by atoms with E-state index in [9.17, 15) is 4.79 Å². The second-order valence-corrected chi connectivity index (χ2v) is 6.02. The van der Waals surface area contributed by atoms with Crippen molar-refractivity contribution in [3.8, 4) is 11.5 Å². The fraction of sp³-hybridized carbons (Fsp3) is 0.235. The average molecular weight is 411 g/mol. The highest BCUT2D eigenvalue weighted by atomic mass is 127. The molecule has 0 aliphatic heterocycles. The SMILES string of the molecule is COc1cc(CCC(=O)Nc2ccc(I)cc2)cc(OC)c1. The summed E-state index contributed by atoms with van der Waals surface area (Å²) in [6.07, 6.45) is 1.03. The van der Waals surface area contributed by atoms with Crippen molar-refractivity contribution in [3.63, 3.8) is 0 Å². The monoisotopic (exact) mass is 411 g/mol. The van der Waals surface area contributed by atoms with Crippen molar-refractivity contribution in [1.29, 1.82) is 0 Å². The number of benzene rings is 2. The molecule has 0 spiro atoms. The quantitative estimate of drug-likeness (QED) is 0.735. The number of aryl methyl sites for hydroxylation is 1. The smallest absolute Gasteiger partial charge is 0.224 e. The number of carbonyl (C=O) groups excluding carboxylic acids is 1. The van der Waals surface area contributed by atoms with E-state index in [0.29, 0.717) is 12.8 Å². The maximum Gasteiger partial charge on any atom is 0.224 e. The summed E-state index contributed by atoms with van der Waals surface area (Å²) in [5.41, 5.74) is 1.82. The highest BCUT2D eigenvalue weighted by Gasteiger charge is 2.06. The number of ether oxygens (including phenoxy) is 2. The maximum absolute atomic E-state index is 12.0. The lowest BCUT2D eigenvalue weighted by Gasteiger charge is -2.09. The van der Waals surface area contributed by atoms with E-state index in [1.54, 1.807) is 14.2 Å². The number of methoxy groups -OCH3 is 2. The standard InChI is InChI=1S/C17H18INO3/c1-21-15-9-12(10-16(11-15)22-2)3-8-17(20)19-14-6-4-13(18)5-7-14/h4-7,9-11H,3,8H2,1-2H3,(H,19,20). The maximum atomic E-state index is 12.0. The molecule has 2 aromatic carbocycles. The minimum absolute atomic E-state index is 0.0111. The molecule has 0 atom stereocenters. The number of halogens is 1. The second-order valence-electron chi connectivity index (χ2n) is 4.78. The molecule has 0 saturated heterocycles. The van der Waals surface area contributed by atoms with Crippen molar-refractivity contribution < 1.29 is 14.3 Å². The lowest BCUT2D eigenvalue weighted by Crippen LogP contribution is -2.12. The first-order valence-corrected chi connectivity index (χ1v) is 7.96. The first-order valence-electron chi connectivity index (χ1n) is 6.88. The van der Waals surface area contributed by atoms with Crippen LogP contribution in [-0.4, -0.2) is 20.1 Å². The van der Waals surface area contributed by atoms with Gasteiger partial charge in [0.05, 0.1) is 14.2 Å². The van der Waals surface area contributed by atoms with Crippen molar-refractivity contribution in [2.24, 2.45) is 0 Å². The van der Waals surface area contributed by atoms with Gasteiger partial charge in [-0.3, -0.25) is 4.79 Å². The Labute approximate surface area is 144 Å². The zero-order valence-corrected chi connectivity index (χ0v) is 14.7. The van der Waals surface area contributed by atoms with E-state index >= 15 is 0 Å². The molecular weight excluding hydrogens is 393 g/mol. The van der Waals surface area contributed by atoms with Crippen LogP contribution in [-0.2, 0) is 11.2 Å². The Morgan fingerprint density at radius 2 is 1.64 bits per heavy atom. The fourth-order valence-corrected chi connectivity index (χ4v) is 2.38. The molecular formula is C17H18INO3. The van der Waals surface area contributed by atoms with Gasteiger partial charge in [0, 0.05) is 21.7 Å². The van der Waals surface area contributed by atoms with Gasteiger partial charge < -0.3 is 14.8 Å². The molecule has 4 nitrogen and oxygen atoms in total. The summed E-state index contributed by atoms with van der Waals surface area (Å²) in [6, 6.07) is 13.4. The van der Waals surface area contributed by atoms with Crippen LogP contribution in [0.15, 0.2) is 42.5 Å². The minimum atomic E-state index is -0.0111. The average Bonchev–Trinajstić information content (AvgIpc) is 2.54. The number of nitrogens with one attached hydrogen (secondary N) is 1. The van der Waals surface area contributed by atoms with Gasteiger partial charge in [-0.05, 0) is 71.0 Å². The van der Waals surface area contributed by atoms with Crippen LogP contribution in [0.5, 0.6) is 11.5 Å². The number of amides is 1. The first kappa shape index (κ1) is 16.6. The zero-order valence-electron chi connectivity index (χ0n) is 12.6. The van der Waals surface area contributed by atoms with E-state index in [2.05, 4.69) is 27.9 Å². The van der Waals surface area contributed by atoms with Gasteiger partial charge in [-0.2, -0.15) is 0 Å². The van der Waals surface area contributed by atoms with Gasteiger partial charge in [-0.15, -0.1) is 0 Å². The first-order chi connectivity index (χ1) is 10.6. The van der Waals surface area contributed by atoms with E-state index in [1.807, 2.05) is 42.5 Å². The van der Waals surface area contributed by atoms with Crippen molar-refractivity contribution in [3.05, 3.63) is 51.6 Å². The van der Waals surface area contributed by atoms with Crippen LogP contribution in [0.2, 0.25) is 0 Å². The Hall–Kier alpha value is -1.76. The number of rotatable bonds is 6. The topological polar surface area (TPSA) is 47.6 Å². The molecule has 0 unspecified atom stereocenters. The molecule has 22 heavy (non-hydrogen) atoms. The van der Waals surface area contributed by atoms with Crippen LogP contribution >= 0.6 is 22.6 Å². The summed E-state index contributed by atoms with van der Waals surface area (Å²) >= 11 is 2.23. The van der Waals surface area contributed by atoms with Gasteiger partial charge in [-0.25, -0.2) is 0 Å². The molecule has 0 aromatic heterocycles. The Morgan fingerprint density at radius 3 is 2.18 bits per heavy atom. The Morgan fingerprint density at radius 1 is 1.05 bits per heavy atom. The number of carbonyl (C=O) groups is 1. The Balaban J connectivity index is 1.94. The Bertz CT molecular complexity index is 619. The lowest BCUT2D eigenvalue weighted by atomic mass is 10.1. The highest BCUT2D eigenvalue weighted by molar-refractivity contribution is 14.1. The largest absolute Gasteiger partial charge is 0.497 e.